The van der Waals surface area contributed by atoms with Crippen LogP contribution in [0.15, 0.2) is 54.6 Å². The fraction of sp³-hybridized carbons (Fsp3) is 0.435. The number of hydrogen-bond donors (Lipinski definition) is 0. The highest BCUT2D eigenvalue weighted by Gasteiger charge is 2.52. The average Bonchev–Trinajstić information content (AvgIpc) is 3.35. The summed E-state index contributed by atoms with van der Waals surface area (Å²) in [6, 6.07) is 19.1. The Morgan fingerprint density at radius 1 is 1.12 bits per heavy atom. The molecular formula is C23H28N2O. The van der Waals surface area contributed by atoms with Crippen molar-refractivity contribution in [2.75, 3.05) is 31.6 Å². The number of nitrogens with zero attached hydrogens (tertiary/aromatic N) is 2. The van der Waals surface area contributed by atoms with Gasteiger partial charge in [-0.3, -0.25) is 4.79 Å². The van der Waals surface area contributed by atoms with E-state index in [4.69, 9.17) is 0 Å². The van der Waals surface area contributed by atoms with Gasteiger partial charge < -0.3 is 9.80 Å². The maximum atomic E-state index is 13.2. The van der Waals surface area contributed by atoms with Crippen LogP contribution in [0.3, 0.4) is 0 Å². The largest absolute Gasteiger partial charge is 0.371 e. The summed E-state index contributed by atoms with van der Waals surface area (Å²) in [6.07, 6.45) is 3.13. The first kappa shape index (κ1) is 17.1. The lowest BCUT2D eigenvalue weighted by molar-refractivity contribution is -0.133. The van der Waals surface area contributed by atoms with Crippen LogP contribution in [0.2, 0.25) is 0 Å². The molecule has 0 radical (unpaired) electrons. The number of hydrogen-bond acceptors (Lipinski definition) is 2. The fourth-order valence-corrected chi connectivity index (χ4v) is 4.31. The summed E-state index contributed by atoms with van der Waals surface area (Å²) in [7, 11) is 1.99. The van der Waals surface area contributed by atoms with Crippen LogP contribution in [-0.4, -0.2) is 37.5 Å². The third-order valence-electron chi connectivity index (χ3n) is 6.05. The van der Waals surface area contributed by atoms with Crippen molar-refractivity contribution in [3.8, 4) is 0 Å². The Labute approximate surface area is 156 Å². The first-order valence-corrected chi connectivity index (χ1v) is 9.71. The summed E-state index contributed by atoms with van der Waals surface area (Å²) in [5.41, 5.74) is 3.48. The monoisotopic (exact) mass is 348 g/mol. The van der Waals surface area contributed by atoms with Gasteiger partial charge in [-0.25, -0.2) is 0 Å². The van der Waals surface area contributed by atoms with E-state index in [1.807, 2.05) is 11.9 Å². The SMILES string of the molecule is Cc1ccc(C2(C(=O)N(C)C[C@@H]3CCN(c4ccccc4)C3)CC2)cc1. The predicted molar refractivity (Wildman–Crippen MR) is 106 cm³/mol. The number of carbonyl (C=O) groups excluding carboxylic acids is 1. The van der Waals surface area contributed by atoms with Gasteiger partial charge in [0.05, 0.1) is 5.41 Å². The summed E-state index contributed by atoms with van der Waals surface area (Å²) in [5.74, 6) is 0.859. The molecule has 1 amide bonds. The van der Waals surface area contributed by atoms with Crippen LogP contribution in [0.1, 0.15) is 30.4 Å². The highest BCUT2D eigenvalue weighted by molar-refractivity contribution is 5.91. The molecule has 136 valence electrons. The molecule has 1 saturated heterocycles. The van der Waals surface area contributed by atoms with E-state index in [1.54, 1.807) is 0 Å². The number of amides is 1. The van der Waals surface area contributed by atoms with E-state index in [9.17, 15) is 4.79 Å². The number of likely N-dealkylation sites (N-methyl/N-ethyl adjacent to an activating group) is 1. The zero-order valence-electron chi connectivity index (χ0n) is 15.8. The molecule has 0 spiro atoms. The molecule has 3 nitrogen and oxygen atoms in total. The van der Waals surface area contributed by atoms with Crippen LogP contribution in [0.5, 0.6) is 0 Å². The maximum absolute atomic E-state index is 13.2. The van der Waals surface area contributed by atoms with Crippen molar-refractivity contribution in [1.82, 2.24) is 4.90 Å². The number of aryl methyl sites for hydroxylation is 1. The van der Waals surface area contributed by atoms with Gasteiger partial charge in [0.25, 0.3) is 0 Å². The van der Waals surface area contributed by atoms with Crippen LogP contribution in [0, 0.1) is 12.8 Å². The summed E-state index contributed by atoms with van der Waals surface area (Å²) in [6.45, 7) is 5.07. The van der Waals surface area contributed by atoms with E-state index in [-0.39, 0.29) is 5.41 Å². The van der Waals surface area contributed by atoms with Crippen molar-refractivity contribution in [2.24, 2.45) is 5.92 Å². The van der Waals surface area contributed by atoms with Gasteiger partial charge in [-0.15, -0.1) is 0 Å². The fourth-order valence-electron chi connectivity index (χ4n) is 4.31. The van der Waals surface area contributed by atoms with Crippen molar-refractivity contribution >= 4 is 11.6 Å². The molecule has 0 bridgehead atoms. The van der Waals surface area contributed by atoms with Gasteiger partial charge in [0, 0.05) is 32.4 Å². The van der Waals surface area contributed by atoms with E-state index in [0.29, 0.717) is 11.8 Å². The number of rotatable bonds is 5. The van der Waals surface area contributed by atoms with E-state index in [2.05, 4.69) is 66.4 Å². The first-order valence-electron chi connectivity index (χ1n) is 9.71. The zero-order chi connectivity index (χ0) is 18.1. The van der Waals surface area contributed by atoms with Crippen LogP contribution in [0.25, 0.3) is 0 Å². The third-order valence-corrected chi connectivity index (χ3v) is 6.05. The Kier molecular flexibility index (Phi) is 4.47. The summed E-state index contributed by atoms with van der Waals surface area (Å²) in [5, 5.41) is 0. The highest BCUT2D eigenvalue weighted by Crippen LogP contribution is 2.49. The normalized spacial score (nSPS) is 20.8. The van der Waals surface area contributed by atoms with Crippen molar-refractivity contribution in [1.29, 1.82) is 0 Å². The van der Waals surface area contributed by atoms with Crippen LogP contribution < -0.4 is 4.90 Å². The molecule has 1 aliphatic heterocycles. The Hall–Kier alpha value is -2.29. The molecule has 2 aliphatic rings. The Morgan fingerprint density at radius 2 is 1.81 bits per heavy atom. The molecule has 1 heterocycles. The molecular weight excluding hydrogens is 320 g/mol. The van der Waals surface area contributed by atoms with E-state index in [1.165, 1.54) is 16.8 Å². The molecule has 1 saturated carbocycles. The second kappa shape index (κ2) is 6.79. The lowest BCUT2D eigenvalue weighted by Gasteiger charge is -2.27. The van der Waals surface area contributed by atoms with E-state index >= 15 is 0 Å². The van der Waals surface area contributed by atoms with Crippen molar-refractivity contribution in [3.05, 3.63) is 65.7 Å². The molecule has 3 heteroatoms. The van der Waals surface area contributed by atoms with Crippen LogP contribution in [-0.2, 0) is 10.2 Å². The lowest BCUT2D eigenvalue weighted by Crippen LogP contribution is -2.39. The number of anilines is 1. The minimum atomic E-state index is -0.250. The van der Waals surface area contributed by atoms with Gasteiger partial charge in [-0.2, -0.15) is 0 Å². The van der Waals surface area contributed by atoms with Gasteiger partial charge in [0.1, 0.15) is 0 Å². The van der Waals surface area contributed by atoms with Crippen molar-refractivity contribution in [3.63, 3.8) is 0 Å². The van der Waals surface area contributed by atoms with Crippen molar-refractivity contribution < 1.29 is 4.79 Å². The van der Waals surface area contributed by atoms with Gasteiger partial charge >= 0.3 is 0 Å². The van der Waals surface area contributed by atoms with Crippen LogP contribution in [0.4, 0.5) is 5.69 Å². The molecule has 0 N–H and O–H groups in total. The topological polar surface area (TPSA) is 23.6 Å². The van der Waals surface area contributed by atoms with Crippen LogP contribution >= 0.6 is 0 Å². The lowest BCUT2D eigenvalue weighted by atomic mass is 9.93. The Morgan fingerprint density at radius 3 is 2.46 bits per heavy atom. The van der Waals surface area contributed by atoms with E-state index < -0.39 is 0 Å². The predicted octanol–water partition coefficient (Wildman–Crippen LogP) is 4.01. The molecule has 2 aromatic carbocycles. The van der Waals surface area contributed by atoms with Gasteiger partial charge in [-0.1, -0.05) is 48.0 Å². The smallest absolute Gasteiger partial charge is 0.232 e. The summed E-state index contributed by atoms with van der Waals surface area (Å²) < 4.78 is 0. The third kappa shape index (κ3) is 3.23. The summed E-state index contributed by atoms with van der Waals surface area (Å²) >= 11 is 0. The standard InChI is InChI=1S/C23H28N2O/c1-18-8-10-20(11-9-18)23(13-14-23)22(26)24(2)16-19-12-15-25(17-19)21-6-4-3-5-7-21/h3-11,19H,12-17H2,1-2H3/t19-/m0/s1. The molecule has 1 atom stereocenters. The minimum absolute atomic E-state index is 0.250. The van der Waals surface area contributed by atoms with Crippen molar-refractivity contribution in [2.45, 2.75) is 31.6 Å². The van der Waals surface area contributed by atoms with E-state index in [0.717, 1.165) is 38.9 Å². The highest BCUT2D eigenvalue weighted by atomic mass is 16.2. The zero-order valence-corrected chi connectivity index (χ0v) is 15.8. The quantitative estimate of drug-likeness (QED) is 0.815. The van der Waals surface area contributed by atoms with Gasteiger partial charge in [0.15, 0.2) is 0 Å². The molecule has 2 fully saturated rings. The number of carbonyl (C=O) groups is 1. The molecule has 2 aromatic rings. The molecule has 4 rings (SSSR count). The second-order valence-corrected chi connectivity index (χ2v) is 8.07. The van der Waals surface area contributed by atoms with Gasteiger partial charge in [-0.05, 0) is 49.8 Å². The molecule has 0 aromatic heterocycles. The molecule has 1 aliphatic carbocycles. The summed E-state index contributed by atoms with van der Waals surface area (Å²) in [4.78, 5) is 17.6. The number of benzene rings is 2. The molecule has 26 heavy (non-hydrogen) atoms. The average molecular weight is 348 g/mol. The molecule has 0 unspecified atom stereocenters. The first-order chi connectivity index (χ1) is 12.6. The minimum Gasteiger partial charge on any atom is -0.371 e. The van der Waals surface area contributed by atoms with Gasteiger partial charge in [0.2, 0.25) is 5.91 Å². The Bertz CT molecular complexity index is 765. The Balaban J connectivity index is 1.38. The number of para-hydroxylation sites is 1. The second-order valence-electron chi connectivity index (χ2n) is 8.07. The maximum Gasteiger partial charge on any atom is 0.232 e.